The Kier molecular flexibility index (Phi) is 8.46. The normalized spacial score (nSPS) is 17.4. The lowest BCUT2D eigenvalue weighted by atomic mass is 9.96. The second kappa shape index (κ2) is 9.59. The van der Waals surface area contributed by atoms with Crippen molar-refractivity contribution in [3.8, 4) is 0 Å². The van der Waals surface area contributed by atoms with E-state index in [1.807, 2.05) is 0 Å². The van der Waals surface area contributed by atoms with E-state index < -0.39 is 17.6 Å². The second-order valence-corrected chi connectivity index (χ2v) is 6.03. The van der Waals surface area contributed by atoms with E-state index in [9.17, 15) is 17.6 Å². The van der Waals surface area contributed by atoms with Crippen molar-refractivity contribution in [2.45, 2.75) is 44.8 Å². The van der Waals surface area contributed by atoms with Gasteiger partial charge in [0.15, 0.2) is 0 Å². The fourth-order valence-corrected chi connectivity index (χ4v) is 3.09. The summed E-state index contributed by atoms with van der Waals surface area (Å²) in [5.74, 6) is -0.750. The average molecular weight is 369 g/mol. The Labute approximate surface area is 147 Å². The number of nitrogens with zero attached hydrogens (tertiary/aromatic N) is 1. The van der Waals surface area contributed by atoms with Crippen molar-refractivity contribution in [2.24, 2.45) is 0 Å². The molecule has 0 radical (unpaired) electrons. The average Bonchev–Trinajstić information content (AvgIpc) is 2.52. The van der Waals surface area contributed by atoms with Crippen LogP contribution in [-0.4, -0.2) is 31.1 Å². The topological polar surface area (TPSA) is 15.3 Å². The number of rotatable bonds is 6. The molecule has 0 saturated carbocycles. The molecule has 1 aliphatic rings. The summed E-state index contributed by atoms with van der Waals surface area (Å²) in [4.78, 5) is 2.18. The summed E-state index contributed by atoms with van der Waals surface area (Å²) >= 11 is 0. The highest BCUT2D eigenvalue weighted by atomic mass is 35.5. The van der Waals surface area contributed by atoms with Crippen LogP contribution in [0.1, 0.15) is 49.8 Å². The second-order valence-electron chi connectivity index (χ2n) is 6.03. The zero-order chi connectivity index (χ0) is 16.9. The van der Waals surface area contributed by atoms with Gasteiger partial charge < -0.3 is 5.32 Å². The molecule has 1 aromatic carbocycles. The monoisotopic (exact) mass is 368 g/mol. The molecular formula is C17H25ClF4N2. The molecule has 2 rings (SSSR count). The lowest BCUT2D eigenvalue weighted by Crippen LogP contribution is -2.45. The molecule has 0 aliphatic carbocycles. The molecule has 0 unspecified atom stereocenters. The number of unbranched alkanes of at least 4 members (excludes halogenated alkanes) is 2. The zero-order valence-electron chi connectivity index (χ0n) is 13.8. The Hall–Kier alpha value is -0.850. The predicted molar refractivity (Wildman–Crippen MR) is 90.0 cm³/mol. The van der Waals surface area contributed by atoms with Gasteiger partial charge in [0.2, 0.25) is 0 Å². The molecule has 1 saturated heterocycles. The van der Waals surface area contributed by atoms with Crippen molar-refractivity contribution in [2.75, 3.05) is 26.2 Å². The van der Waals surface area contributed by atoms with Gasteiger partial charge in [-0.15, -0.1) is 12.4 Å². The van der Waals surface area contributed by atoms with Crippen molar-refractivity contribution in [3.63, 3.8) is 0 Å². The summed E-state index contributed by atoms with van der Waals surface area (Å²) in [6.45, 7) is 5.33. The van der Waals surface area contributed by atoms with Gasteiger partial charge in [-0.05, 0) is 18.6 Å². The molecule has 0 aromatic heterocycles. The first-order valence-corrected chi connectivity index (χ1v) is 8.25. The molecule has 1 heterocycles. The summed E-state index contributed by atoms with van der Waals surface area (Å²) in [6.07, 6.45) is -0.678. The molecule has 0 bridgehead atoms. The van der Waals surface area contributed by atoms with Crippen molar-refractivity contribution in [1.29, 1.82) is 0 Å². The Bertz CT molecular complexity index is 502. The molecule has 1 aromatic rings. The van der Waals surface area contributed by atoms with Crippen molar-refractivity contribution < 1.29 is 17.6 Å². The number of nitrogens with one attached hydrogen (secondary N) is 1. The highest BCUT2D eigenvalue weighted by molar-refractivity contribution is 5.85. The van der Waals surface area contributed by atoms with Crippen LogP contribution in [0.25, 0.3) is 0 Å². The maximum atomic E-state index is 14.4. The first-order valence-electron chi connectivity index (χ1n) is 8.25. The number of alkyl halides is 3. The van der Waals surface area contributed by atoms with Crippen molar-refractivity contribution >= 4 is 12.4 Å². The van der Waals surface area contributed by atoms with Crippen LogP contribution >= 0.6 is 12.4 Å². The fraction of sp³-hybridized carbons (Fsp3) is 0.647. The zero-order valence-corrected chi connectivity index (χ0v) is 14.7. The van der Waals surface area contributed by atoms with Crippen LogP contribution < -0.4 is 5.32 Å². The first-order chi connectivity index (χ1) is 10.9. The van der Waals surface area contributed by atoms with E-state index in [0.29, 0.717) is 11.6 Å². The SMILES string of the molecule is CCCCC[C@H](c1ccc(C(F)(F)F)cc1F)N1CCNCC1.Cl. The molecule has 0 amide bonds. The molecule has 0 spiro atoms. The van der Waals surface area contributed by atoms with Gasteiger partial charge in [-0.1, -0.05) is 32.3 Å². The van der Waals surface area contributed by atoms with E-state index in [1.54, 1.807) is 0 Å². The maximum absolute atomic E-state index is 14.4. The van der Waals surface area contributed by atoms with Crippen LogP contribution in [-0.2, 0) is 6.18 Å². The summed E-state index contributed by atoms with van der Waals surface area (Å²) in [7, 11) is 0. The Balaban J connectivity index is 0.00000288. The molecule has 24 heavy (non-hydrogen) atoms. The smallest absolute Gasteiger partial charge is 0.314 e. The van der Waals surface area contributed by atoms with Crippen LogP contribution in [0, 0.1) is 5.82 Å². The Morgan fingerprint density at radius 3 is 2.38 bits per heavy atom. The van der Waals surface area contributed by atoms with Gasteiger partial charge in [-0.3, -0.25) is 4.90 Å². The molecule has 138 valence electrons. The van der Waals surface area contributed by atoms with E-state index >= 15 is 0 Å². The molecule has 7 heteroatoms. The summed E-state index contributed by atoms with van der Waals surface area (Å²) in [5.41, 5.74) is -0.539. The van der Waals surface area contributed by atoms with Gasteiger partial charge in [0.25, 0.3) is 0 Å². The third-order valence-electron chi connectivity index (χ3n) is 4.36. The lowest BCUT2D eigenvalue weighted by Gasteiger charge is -2.35. The Morgan fingerprint density at radius 2 is 1.83 bits per heavy atom. The minimum absolute atomic E-state index is 0. The lowest BCUT2D eigenvalue weighted by molar-refractivity contribution is -0.137. The van der Waals surface area contributed by atoms with Crippen LogP contribution in [0.4, 0.5) is 17.6 Å². The molecule has 2 nitrogen and oxygen atoms in total. The minimum Gasteiger partial charge on any atom is -0.314 e. The summed E-state index contributed by atoms with van der Waals surface area (Å²) in [6, 6.07) is 2.79. The number of halogens is 5. The number of hydrogen-bond acceptors (Lipinski definition) is 2. The highest BCUT2D eigenvalue weighted by Gasteiger charge is 2.32. The van der Waals surface area contributed by atoms with Gasteiger partial charge in [0.1, 0.15) is 5.82 Å². The van der Waals surface area contributed by atoms with Crippen LogP contribution in [0.15, 0.2) is 18.2 Å². The van der Waals surface area contributed by atoms with E-state index in [4.69, 9.17) is 0 Å². The molecule has 1 N–H and O–H groups in total. The van der Waals surface area contributed by atoms with Crippen molar-refractivity contribution in [3.05, 3.63) is 35.1 Å². The maximum Gasteiger partial charge on any atom is 0.416 e. The van der Waals surface area contributed by atoms with Crippen LogP contribution in [0.2, 0.25) is 0 Å². The number of benzene rings is 1. The van der Waals surface area contributed by atoms with E-state index in [-0.39, 0.29) is 18.4 Å². The number of hydrogen-bond donors (Lipinski definition) is 1. The third-order valence-corrected chi connectivity index (χ3v) is 4.36. The van der Waals surface area contributed by atoms with Gasteiger partial charge in [-0.25, -0.2) is 4.39 Å². The van der Waals surface area contributed by atoms with E-state index in [2.05, 4.69) is 17.1 Å². The molecule has 1 fully saturated rings. The van der Waals surface area contributed by atoms with E-state index in [1.165, 1.54) is 6.07 Å². The summed E-state index contributed by atoms with van der Waals surface area (Å²) < 4.78 is 52.5. The van der Waals surface area contributed by atoms with E-state index in [0.717, 1.165) is 57.9 Å². The highest BCUT2D eigenvalue weighted by Crippen LogP contribution is 2.34. The summed E-state index contributed by atoms with van der Waals surface area (Å²) in [5, 5.41) is 3.25. The van der Waals surface area contributed by atoms with Gasteiger partial charge in [0.05, 0.1) is 5.56 Å². The van der Waals surface area contributed by atoms with Gasteiger partial charge in [-0.2, -0.15) is 13.2 Å². The fourth-order valence-electron chi connectivity index (χ4n) is 3.09. The standard InChI is InChI=1S/C17H24F4N2.ClH/c1-2-3-4-5-16(23-10-8-22-9-11-23)14-7-6-13(12-15(14)18)17(19,20)21;/h6-7,12,16,22H,2-5,8-11H2,1H3;1H/t16-;/m1./s1. The quantitative estimate of drug-likeness (QED) is 0.573. The minimum atomic E-state index is -4.51. The number of piperazine rings is 1. The largest absolute Gasteiger partial charge is 0.416 e. The van der Waals surface area contributed by atoms with Crippen molar-refractivity contribution in [1.82, 2.24) is 10.2 Å². The van der Waals surface area contributed by atoms with Gasteiger partial charge in [0, 0.05) is 37.8 Å². The predicted octanol–water partition coefficient (Wildman–Crippen LogP) is 4.79. The van der Waals surface area contributed by atoms with Gasteiger partial charge >= 0.3 is 6.18 Å². The van der Waals surface area contributed by atoms with Crippen LogP contribution in [0.5, 0.6) is 0 Å². The molecular weight excluding hydrogens is 344 g/mol. The molecule has 1 aliphatic heterocycles. The molecule has 1 atom stereocenters. The first kappa shape index (κ1) is 21.2. The Morgan fingerprint density at radius 1 is 1.17 bits per heavy atom. The van der Waals surface area contributed by atoms with Crippen LogP contribution in [0.3, 0.4) is 0 Å². The third kappa shape index (κ3) is 5.60.